The number of benzene rings is 9. The van der Waals surface area contributed by atoms with E-state index in [2.05, 4.69) is 194 Å². The number of hydrogen-bond acceptors (Lipinski definition) is 0. The molecule has 0 amide bonds. The van der Waals surface area contributed by atoms with Crippen LogP contribution >= 0.6 is 35.2 Å². The maximum absolute atomic E-state index is 7.37. The number of nitrogens with one attached hydrogen (secondary N) is 2. The standard InChI is InChI=1S/C44H32P2.C8H10N2.2ClH.Ru/c1-5-19-35(20-6-1)45(36-21-7-2-8-22-36)41-31-29-33-17-13-15-27-39(33)43(41)44-40-28-16-14-18-34(40)30-32-42(44)46(37-23-9-3-10-24-37)38-25-11-4-12-26-38;9-6-8(10)7-4-2-1-3-5-7;;;/h1-32H;1-5,8-10H,6H2;2*1H;/q;-2;;;+4/t;8-;;;/m.0.../s1. The molecule has 59 heavy (non-hydrogen) atoms. The summed E-state index contributed by atoms with van der Waals surface area (Å²) in [5, 5.41) is 13.6. The van der Waals surface area contributed by atoms with Gasteiger partial charge in [-0.25, -0.2) is 0 Å². The second kappa shape index (κ2) is 21.7. The van der Waals surface area contributed by atoms with Gasteiger partial charge < -0.3 is 11.5 Å². The van der Waals surface area contributed by atoms with Gasteiger partial charge in [0, 0.05) is 11.1 Å². The molecule has 0 fully saturated rings. The van der Waals surface area contributed by atoms with Gasteiger partial charge in [0.25, 0.3) is 0 Å². The maximum atomic E-state index is 7.37. The summed E-state index contributed by atoms with van der Waals surface area (Å²) in [6.07, 6.45) is 0. The van der Waals surface area contributed by atoms with Crippen LogP contribution in [0.3, 0.4) is 0 Å². The molecule has 2 N–H and O–H groups in total. The zero-order valence-corrected chi connectivity index (χ0v) is 37.5. The van der Waals surface area contributed by atoms with Crippen molar-refractivity contribution in [3.8, 4) is 11.1 Å². The molecule has 0 heterocycles. The smallest absolute Gasteiger partial charge is 0.111 e. The van der Waals surface area contributed by atoms with E-state index in [-0.39, 0.29) is 27.7 Å². The third-order valence-corrected chi connectivity index (χ3v) is 15.9. The largest absolute Gasteiger partial charge is 0.678 e. The Hall–Kier alpha value is -4.52. The summed E-state index contributed by atoms with van der Waals surface area (Å²) >= 11 is -0.346. The molecule has 0 saturated heterocycles. The Bertz CT molecular complexity index is 2430. The Labute approximate surface area is 366 Å². The van der Waals surface area contributed by atoms with Crippen LogP contribution < -0.4 is 31.8 Å². The van der Waals surface area contributed by atoms with Crippen molar-refractivity contribution >= 4 is 88.6 Å². The van der Waals surface area contributed by atoms with Crippen molar-refractivity contribution in [3.05, 3.63) is 241 Å². The molecule has 9 aromatic carbocycles. The summed E-state index contributed by atoms with van der Waals surface area (Å²) in [6.45, 7) is 0.143. The Morgan fingerprint density at radius 1 is 0.390 bits per heavy atom. The van der Waals surface area contributed by atoms with E-state index in [9.17, 15) is 0 Å². The summed E-state index contributed by atoms with van der Waals surface area (Å²) in [5.74, 6) is 0. The van der Waals surface area contributed by atoms with Crippen LogP contribution in [0, 0.1) is 0 Å². The fraction of sp³-hybridized carbons (Fsp3) is 0.0385. The van der Waals surface area contributed by atoms with Gasteiger partial charge in [-0.1, -0.05) is 169 Å². The molecular weight excluding hydrogens is 887 g/mol. The monoisotopic (exact) mass is 930 g/mol. The molecule has 0 aliphatic carbocycles. The fourth-order valence-electron chi connectivity index (χ4n) is 7.68. The van der Waals surface area contributed by atoms with Crippen molar-refractivity contribution in [2.24, 2.45) is 0 Å². The van der Waals surface area contributed by atoms with E-state index in [0.717, 1.165) is 5.56 Å². The van der Waals surface area contributed by atoms with Crippen molar-refractivity contribution in [2.75, 3.05) is 6.54 Å². The van der Waals surface area contributed by atoms with E-state index >= 15 is 0 Å². The predicted molar refractivity (Wildman–Crippen MR) is 261 cm³/mol. The minimum atomic E-state index is -1.37. The number of rotatable bonds is 9. The van der Waals surface area contributed by atoms with Crippen LogP contribution in [0.25, 0.3) is 44.1 Å². The van der Waals surface area contributed by atoms with Crippen molar-refractivity contribution in [3.63, 3.8) is 0 Å². The number of hydrogen-bond donors (Lipinski definition) is 0. The van der Waals surface area contributed by atoms with Crippen LogP contribution in [0.15, 0.2) is 224 Å². The SMILES string of the molecule is [Cl][Ru+2][Cl].[NH-]C[C@H]([NH-])c1ccccc1.c1ccc([PH+](c2ccccc2)c2ccc3ccccc3c2-c2c([PH+](c3ccccc3)c3ccccc3)ccc3ccccc23)cc1. The number of fused-ring (bicyclic) bond motifs is 2. The van der Waals surface area contributed by atoms with Gasteiger partial charge in [-0.2, -0.15) is 6.54 Å². The first-order valence-electron chi connectivity index (χ1n) is 19.4. The van der Waals surface area contributed by atoms with Crippen LogP contribution in [0.2, 0.25) is 0 Å². The van der Waals surface area contributed by atoms with Crippen LogP contribution in [-0.2, 0) is 15.1 Å². The first-order chi connectivity index (χ1) is 29.1. The topological polar surface area (TPSA) is 47.6 Å². The Kier molecular flexibility index (Phi) is 15.6. The molecule has 1 atom stereocenters. The van der Waals surface area contributed by atoms with Crippen molar-refractivity contribution in [1.29, 1.82) is 0 Å². The third kappa shape index (κ3) is 10.3. The molecule has 0 radical (unpaired) electrons. The van der Waals surface area contributed by atoms with Crippen LogP contribution in [0.5, 0.6) is 0 Å². The molecule has 7 heteroatoms. The molecule has 9 rings (SSSR count). The second-order valence-electron chi connectivity index (χ2n) is 13.9. The molecule has 0 aliphatic rings. The number of halogens is 2. The molecule has 9 aromatic rings. The molecule has 2 nitrogen and oxygen atoms in total. The minimum absolute atomic E-state index is 0.143. The normalized spacial score (nSPS) is 11.4. The van der Waals surface area contributed by atoms with Gasteiger partial charge in [0.1, 0.15) is 31.8 Å². The third-order valence-electron chi connectivity index (χ3n) is 10.3. The summed E-state index contributed by atoms with van der Waals surface area (Å²) < 4.78 is 0. The van der Waals surface area contributed by atoms with E-state index in [0.29, 0.717) is 0 Å². The predicted octanol–water partition coefficient (Wildman–Crippen LogP) is 12.8. The Balaban J connectivity index is 0.000000351. The molecule has 292 valence electrons. The van der Waals surface area contributed by atoms with Crippen molar-refractivity contribution < 1.29 is 15.1 Å². The maximum Gasteiger partial charge on any atom is 0.111 e. The van der Waals surface area contributed by atoms with Gasteiger partial charge in [0.2, 0.25) is 0 Å². The van der Waals surface area contributed by atoms with E-state index in [1.165, 1.54) is 64.5 Å². The van der Waals surface area contributed by atoms with Crippen molar-refractivity contribution in [1.82, 2.24) is 0 Å². The molecule has 0 aliphatic heterocycles. The average molecular weight is 931 g/mol. The quantitative estimate of drug-likeness (QED) is 0.102. The Morgan fingerprint density at radius 3 is 1.00 bits per heavy atom. The van der Waals surface area contributed by atoms with Gasteiger partial charge in [-0.15, -0.1) is 6.04 Å². The second-order valence-corrected chi connectivity index (χ2v) is 21.4. The Morgan fingerprint density at radius 2 is 0.678 bits per heavy atom. The van der Waals surface area contributed by atoms with Crippen LogP contribution in [-0.4, -0.2) is 6.54 Å². The zero-order chi connectivity index (χ0) is 40.8. The fourth-order valence-corrected chi connectivity index (χ4v) is 13.2. The van der Waals surface area contributed by atoms with Gasteiger partial charge in [-0.05, 0) is 82.2 Å². The molecule has 0 unspecified atom stereocenters. The summed E-state index contributed by atoms with van der Waals surface area (Å²) in [6, 6.07) is 81.3. The summed E-state index contributed by atoms with van der Waals surface area (Å²) in [4.78, 5) is 0. The zero-order valence-electron chi connectivity index (χ0n) is 32.3. The molecular formula is C52H44Cl2N2P2Ru+2. The molecule has 0 aromatic heterocycles. The molecule has 0 bridgehead atoms. The van der Waals surface area contributed by atoms with Gasteiger partial charge in [0.15, 0.2) is 0 Å². The van der Waals surface area contributed by atoms with E-state index in [4.69, 9.17) is 30.8 Å². The van der Waals surface area contributed by atoms with Gasteiger partial charge in [0.05, 0.1) is 15.8 Å². The van der Waals surface area contributed by atoms with Gasteiger partial charge >= 0.3 is 34.5 Å². The van der Waals surface area contributed by atoms with E-state index < -0.39 is 15.8 Å². The first kappa shape index (κ1) is 42.6. The molecule has 0 saturated carbocycles. The van der Waals surface area contributed by atoms with E-state index in [1.54, 1.807) is 0 Å². The summed E-state index contributed by atoms with van der Waals surface area (Å²) in [5.41, 5.74) is 18.0. The molecule has 0 spiro atoms. The first-order valence-corrected chi connectivity index (χ1v) is 26.9. The van der Waals surface area contributed by atoms with Crippen LogP contribution in [0.1, 0.15) is 11.6 Å². The van der Waals surface area contributed by atoms with Gasteiger partial charge in [-0.3, -0.25) is 0 Å². The average Bonchev–Trinajstić information content (AvgIpc) is 3.31. The van der Waals surface area contributed by atoms with Crippen LogP contribution in [0.4, 0.5) is 0 Å². The summed E-state index contributed by atoms with van der Waals surface area (Å²) in [7, 11) is 6.97. The minimum Gasteiger partial charge on any atom is -0.678 e. The van der Waals surface area contributed by atoms with Crippen molar-refractivity contribution in [2.45, 2.75) is 6.04 Å². The van der Waals surface area contributed by atoms with E-state index in [1.807, 2.05) is 30.3 Å².